The molecular weight excluding hydrogens is 302 g/mol. The number of rotatable bonds is 7. The van der Waals surface area contributed by atoms with Gasteiger partial charge in [0, 0.05) is 44.7 Å². The quantitative estimate of drug-likeness (QED) is 0.545. The van der Waals surface area contributed by atoms with Crippen LogP contribution in [-0.2, 0) is 4.79 Å². The van der Waals surface area contributed by atoms with E-state index in [4.69, 9.17) is 4.99 Å². The van der Waals surface area contributed by atoms with Gasteiger partial charge in [0.05, 0.1) is 6.54 Å². The molecule has 138 valence electrons. The van der Waals surface area contributed by atoms with Crippen molar-refractivity contribution in [2.75, 3.05) is 39.8 Å². The zero-order valence-electron chi connectivity index (χ0n) is 15.7. The normalized spacial score (nSPS) is 22.4. The molecule has 1 unspecified atom stereocenters. The van der Waals surface area contributed by atoms with Crippen molar-refractivity contribution < 1.29 is 4.79 Å². The molecule has 24 heavy (non-hydrogen) atoms. The van der Waals surface area contributed by atoms with Crippen molar-refractivity contribution in [3.05, 3.63) is 0 Å². The first-order chi connectivity index (χ1) is 11.6. The van der Waals surface area contributed by atoms with Crippen LogP contribution in [0.2, 0.25) is 0 Å². The van der Waals surface area contributed by atoms with Gasteiger partial charge in [0.25, 0.3) is 0 Å². The molecule has 1 heterocycles. The molecule has 0 aromatic rings. The number of guanidine groups is 1. The Morgan fingerprint density at radius 2 is 2.00 bits per heavy atom. The van der Waals surface area contributed by atoms with Crippen LogP contribution in [0.1, 0.15) is 52.4 Å². The van der Waals surface area contributed by atoms with Crippen molar-refractivity contribution >= 4 is 11.9 Å². The molecule has 2 rings (SSSR count). The van der Waals surface area contributed by atoms with Crippen molar-refractivity contribution in [3.8, 4) is 0 Å². The van der Waals surface area contributed by atoms with Gasteiger partial charge in [0.15, 0.2) is 5.96 Å². The summed E-state index contributed by atoms with van der Waals surface area (Å²) in [6.07, 6.45) is 7.00. The summed E-state index contributed by atoms with van der Waals surface area (Å²) in [5.41, 5.74) is 0. The fraction of sp³-hybridized carbons (Fsp3) is 0.889. The molecule has 1 aliphatic carbocycles. The van der Waals surface area contributed by atoms with Gasteiger partial charge in [-0.15, -0.1) is 0 Å². The molecule has 1 amide bonds. The summed E-state index contributed by atoms with van der Waals surface area (Å²) in [7, 11) is 2.22. The summed E-state index contributed by atoms with van der Waals surface area (Å²) in [4.78, 5) is 20.9. The molecule has 0 aromatic carbocycles. The van der Waals surface area contributed by atoms with Gasteiger partial charge in [0.1, 0.15) is 0 Å². The molecule has 0 spiro atoms. The highest BCUT2D eigenvalue weighted by molar-refractivity contribution is 5.80. The van der Waals surface area contributed by atoms with E-state index in [0.29, 0.717) is 12.5 Å². The van der Waals surface area contributed by atoms with Gasteiger partial charge >= 0.3 is 0 Å². The second kappa shape index (κ2) is 9.87. The number of likely N-dealkylation sites (tertiary alicyclic amines) is 1. The lowest BCUT2D eigenvalue weighted by atomic mass is 10.2. The smallest absolute Gasteiger partial charge is 0.222 e. The third-order valence-electron chi connectivity index (χ3n) is 5.20. The average molecular weight is 338 g/mol. The van der Waals surface area contributed by atoms with Crippen molar-refractivity contribution in [1.82, 2.24) is 20.4 Å². The maximum absolute atomic E-state index is 11.8. The lowest BCUT2D eigenvalue weighted by Crippen LogP contribution is -2.45. The van der Waals surface area contributed by atoms with E-state index in [1.807, 2.05) is 11.8 Å². The van der Waals surface area contributed by atoms with Crippen molar-refractivity contribution in [1.29, 1.82) is 0 Å². The van der Waals surface area contributed by atoms with Crippen LogP contribution < -0.4 is 10.6 Å². The van der Waals surface area contributed by atoms with E-state index in [1.165, 1.54) is 25.7 Å². The first-order valence-electron chi connectivity index (χ1n) is 9.66. The van der Waals surface area contributed by atoms with Crippen LogP contribution in [0.25, 0.3) is 0 Å². The summed E-state index contributed by atoms with van der Waals surface area (Å²) < 4.78 is 0. The van der Waals surface area contributed by atoms with Gasteiger partial charge in [0.2, 0.25) is 5.91 Å². The maximum Gasteiger partial charge on any atom is 0.222 e. The Balaban J connectivity index is 1.77. The predicted octanol–water partition coefficient (Wildman–Crippen LogP) is 1.43. The third-order valence-corrected chi connectivity index (χ3v) is 5.20. The summed E-state index contributed by atoms with van der Waals surface area (Å²) in [5, 5.41) is 6.82. The second-order valence-electron chi connectivity index (χ2n) is 7.00. The lowest BCUT2D eigenvalue weighted by molar-refractivity contribution is -0.129. The number of nitrogens with one attached hydrogen (secondary N) is 2. The fourth-order valence-corrected chi connectivity index (χ4v) is 3.69. The zero-order chi connectivity index (χ0) is 17.4. The van der Waals surface area contributed by atoms with Gasteiger partial charge in [-0.1, -0.05) is 19.8 Å². The highest BCUT2D eigenvalue weighted by atomic mass is 16.2. The SMILES string of the molecule is CCNC(=NCCN(C)C1CCCC1)NC1CCN(C(=O)CC)C1. The Kier molecular flexibility index (Phi) is 7.82. The molecule has 1 atom stereocenters. The summed E-state index contributed by atoms with van der Waals surface area (Å²) in [5.74, 6) is 1.13. The number of hydrogen-bond donors (Lipinski definition) is 2. The molecule has 2 aliphatic rings. The summed E-state index contributed by atoms with van der Waals surface area (Å²) in [6, 6.07) is 1.06. The molecular formula is C18H35N5O. The number of likely N-dealkylation sites (N-methyl/N-ethyl adjacent to an activating group) is 1. The van der Waals surface area contributed by atoms with Crippen LogP contribution in [0.4, 0.5) is 0 Å². The number of nitrogens with zero attached hydrogens (tertiary/aromatic N) is 3. The summed E-state index contributed by atoms with van der Waals surface area (Å²) in [6.45, 7) is 8.33. The standard InChI is InChI=1S/C18H35N5O/c1-4-17(24)23-12-10-15(14-23)21-18(19-5-2)20-11-13-22(3)16-8-6-7-9-16/h15-16H,4-14H2,1-3H3,(H2,19,20,21). The molecule has 1 aliphatic heterocycles. The van der Waals surface area contributed by atoms with Crippen LogP contribution in [0, 0.1) is 0 Å². The number of carbonyl (C=O) groups excluding carboxylic acids is 1. The fourth-order valence-electron chi connectivity index (χ4n) is 3.69. The number of carbonyl (C=O) groups is 1. The van der Waals surface area contributed by atoms with E-state index in [2.05, 4.69) is 29.5 Å². The Hall–Kier alpha value is -1.30. The minimum atomic E-state index is 0.249. The van der Waals surface area contributed by atoms with E-state index in [1.54, 1.807) is 0 Å². The van der Waals surface area contributed by atoms with Crippen LogP contribution in [0.3, 0.4) is 0 Å². The van der Waals surface area contributed by atoms with Crippen LogP contribution in [-0.4, -0.2) is 73.5 Å². The Labute approximate surface area is 147 Å². The molecule has 1 saturated carbocycles. The van der Waals surface area contributed by atoms with Crippen LogP contribution in [0.15, 0.2) is 4.99 Å². The molecule has 0 radical (unpaired) electrons. The van der Waals surface area contributed by atoms with Crippen molar-refractivity contribution in [2.24, 2.45) is 4.99 Å². The first-order valence-corrected chi connectivity index (χ1v) is 9.66. The van der Waals surface area contributed by atoms with Gasteiger partial charge in [-0.2, -0.15) is 0 Å². The highest BCUT2D eigenvalue weighted by Crippen LogP contribution is 2.21. The van der Waals surface area contributed by atoms with E-state index < -0.39 is 0 Å². The monoisotopic (exact) mass is 337 g/mol. The van der Waals surface area contributed by atoms with E-state index >= 15 is 0 Å². The number of hydrogen-bond acceptors (Lipinski definition) is 3. The number of aliphatic imine (C=N–C) groups is 1. The van der Waals surface area contributed by atoms with E-state index in [-0.39, 0.29) is 5.91 Å². The third kappa shape index (κ3) is 5.65. The molecule has 0 aromatic heterocycles. The Morgan fingerprint density at radius 1 is 1.25 bits per heavy atom. The van der Waals surface area contributed by atoms with Crippen molar-refractivity contribution in [2.45, 2.75) is 64.5 Å². The predicted molar refractivity (Wildman–Crippen MR) is 99.3 cm³/mol. The van der Waals surface area contributed by atoms with Crippen LogP contribution >= 0.6 is 0 Å². The van der Waals surface area contributed by atoms with Gasteiger partial charge < -0.3 is 20.4 Å². The zero-order valence-corrected chi connectivity index (χ0v) is 15.7. The Bertz CT molecular complexity index is 420. The van der Waals surface area contributed by atoms with Crippen LogP contribution in [0.5, 0.6) is 0 Å². The minimum Gasteiger partial charge on any atom is -0.357 e. The maximum atomic E-state index is 11.8. The lowest BCUT2D eigenvalue weighted by Gasteiger charge is -2.23. The largest absolute Gasteiger partial charge is 0.357 e. The minimum absolute atomic E-state index is 0.249. The molecule has 6 nitrogen and oxygen atoms in total. The van der Waals surface area contributed by atoms with Gasteiger partial charge in [-0.05, 0) is 33.2 Å². The van der Waals surface area contributed by atoms with E-state index in [0.717, 1.165) is 51.1 Å². The molecule has 1 saturated heterocycles. The first kappa shape index (κ1) is 19.0. The average Bonchev–Trinajstić information content (AvgIpc) is 3.26. The van der Waals surface area contributed by atoms with Crippen molar-refractivity contribution in [3.63, 3.8) is 0 Å². The molecule has 0 bridgehead atoms. The van der Waals surface area contributed by atoms with E-state index in [9.17, 15) is 4.79 Å². The van der Waals surface area contributed by atoms with Gasteiger partial charge in [-0.3, -0.25) is 9.79 Å². The summed E-state index contributed by atoms with van der Waals surface area (Å²) >= 11 is 0. The molecule has 6 heteroatoms. The highest BCUT2D eigenvalue weighted by Gasteiger charge is 2.25. The van der Waals surface area contributed by atoms with Gasteiger partial charge in [-0.25, -0.2) is 0 Å². The molecule has 2 N–H and O–H groups in total. The second-order valence-corrected chi connectivity index (χ2v) is 7.00. The number of amides is 1. The Morgan fingerprint density at radius 3 is 2.67 bits per heavy atom. The topological polar surface area (TPSA) is 60.0 Å². The molecule has 2 fully saturated rings.